The number of carbonyl (C=O) groups excluding carboxylic acids is 2. The van der Waals surface area contributed by atoms with Crippen LogP contribution in [0, 0.1) is 5.92 Å². The molecule has 0 aliphatic carbocycles. The molecule has 1 atom stereocenters. The maximum Gasteiger partial charge on any atom is 0.254 e. The first-order chi connectivity index (χ1) is 15.1. The Hall–Kier alpha value is -2.90. The molecule has 0 aromatic heterocycles. The summed E-state index contributed by atoms with van der Waals surface area (Å²) in [5, 5.41) is 2.98. The fourth-order valence-corrected chi connectivity index (χ4v) is 4.25. The third-order valence-electron chi connectivity index (χ3n) is 6.09. The Balaban J connectivity index is 1.29. The number of primary amides is 1. The van der Waals surface area contributed by atoms with Crippen molar-refractivity contribution >= 4 is 23.2 Å². The highest BCUT2D eigenvalue weighted by atomic mass is 16.5. The molecule has 2 aliphatic rings. The van der Waals surface area contributed by atoms with Gasteiger partial charge in [0.05, 0.1) is 6.61 Å². The van der Waals surface area contributed by atoms with Crippen LogP contribution in [0.5, 0.6) is 0 Å². The Morgan fingerprint density at radius 1 is 1.00 bits per heavy atom. The van der Waals surface area contributed by atoms with Crippen molar-refractivity contribution in [1.82, 2.24) is 4.90 Å². The highest BCUT2D eigenvalue weighted by Gasteiger charge is 2.27. The summed E-state index contributed by atoms with van der Waals surface area (Å²) in [5.41, 5.74) is 8.49. The molecule has 31 heavy (non-hydrogen) atoms. The van der Waals surface area contributed by atoms with Gasteiger partial charge in [0.25, 0.3) is 5.91 Å². The zero-order valence-corrected chi connectivity index (χ0v) is 17.7. The number of benzene rings is 2. The number of hydrogen-bond donors (Lipinski definition) is 2. The van der Waals surface area contributed by atoms with Crippen molar-refractivity contribution < 1.29 is 14.3 Å². The summed E-state index contributed by atoms with van der Waals surface area (Å²) in [4.78, 5) is 28.6. The van der Waals surface area contributed by atoms with Gasteiger partial charge in [-0.1, -0.05) is 30.3 Å². The number of rotatable bonds is 6. The number of piperidine rings is 1. The molecule has 2 aliphatic heterocycles. The topological polar surface area (TPSA) is 87.9 Å². The Labute approximate surface area is 183 Å². The normalized spacial score (nSPS) is 20.4. The SMILES string of the molecule is NC(=O)C1CCN(c2ccc(NC(=O)C3CN(Cc4ccccc4)CCO3)cc2)CC1. The lowest BCUT2D eigenvalue weighted by Gasteiger charge is -2.33. The van der Waals surface area contributed by atoms with Gasteiger partial charge in [-0.2, -0.15) is 0 Å². The van der Waals surface area contributed by atoms with Crippen molar-refractivity contribution in [3.8, 4) is 0 Å². The minimum absolute atomic E-state index is 0.0215. The summed E-state index contributed by atoms with van der Waals surface area (Å²) < 4.78 is 5.73. The van der Waals surface area contributed by atoms with Crippen LogP contribution >= 0.6 is 0 Å². The van der Waals surface area contributed by atoms with E-state index in [0.717, 1.165) is 50.4 Å². The van der Waals surface area contributed by atoms with Crippen LogP contribution < -0.4 is 16.0 Å². The number of hydrogen-bond acceptors (Lipinski definition) is 5. The minimum atomic E-state index is -0.482. The Morgan fingerprint density at radius 2 is 1.71 bits per heavy atom. The summed E-state index contributed by atoms with van der Waals surface area (Å²) in [6.07, 6.45) is 1.09. The first-order valence-corrected chi connectivity index (χ1v) is 10.9. The van der Waals surface area contributed by atoms with Crippen molar-refractivity contribution in [3.63, 3.8) is 0 Å². The molecule has 2 amide bonds. The molecular weight excluding hydrogens is 392 g/mol. The molecular formula is C24H30N4O3. The number of anilines is 2. The van der Waals surface area contributed by atoms with Crippen LogP contribution in [0.4, 0.5) is 11.4 Å². The molecule has 2 heterocycles. The van der Waals surface area contributed by atoms with E-state index >= 15 is 0 Å². The smallest absolute Gasteiger partial charge is 0.254 e. The third-order valence-corrected chi connectivity index (χ3v) is 6.09. The van der Waals surface area contributed by atoms with E-state index < -0.39 is 6.10 Å². The number of nitrogens with one attached hydrogen (secondary N) is 1. The van der Waals surface area contributed by atoms with Crippen LogP contribution in [0.25, 0.3) is 0 Å². The zero-order valence-electron chi connectivity index (χ0n) is 17.7. The lowest BCUT2D eigenvalue weighted by Crippen LogP contribution is -2.47. The molecule has 0 saturated carbocycles. The van der Waals surface area contributed by atoms with Gasteiger partial charge < -0.3 is 20.7 Å². The third kappa shape index (κ3) is 5.62. The van der Waals surface area contributed by atoms with Gasteiger partial charge in [0.2, 0.25) is 5.91 Å². The van der Waals surface area contributed by atoms with E-state index in [9.17, 15) is 9.59 Å². The van der Waals surface area contributed by atoms with E-state index in [4.69, 9.17) is 10.5 Å². The molecule has 2 aromatic rings. The second-order valence-corrected chi connectivity index (χ2v) is 8.28. The predicted molar refractivity (Wildman–Crippen MR) is 121 cm³/mol. The summed E-state index contributed by atoms with van der Waals surface area (Å²) in [6, 6.07) is 18.1. The maximum absolute atomic E-state index is 12.7. The second kappa shape index (κ2) is 9.94. The monoisotopic (exact) mass is 422 g/mol. The number of ether oxygens (including phenoxy) is 1. The number of nitrogens with two attached hydrogens (primary N) is 1. The van der Waals surface area contributed by atoms with Gasteiger partial charge in [0.1, 0.15) is 6.10 Å². The van der Waals surface area contributed by atoms with Crippen molar-refractivity contribution in [3.05, 3.63) is 60.2 Å². The van der Waals surface area contributed by atoms with Gasteiger partial charge in [-0.25, -0.2) is 0 Å². The average molecular weight is 423 g/mol. The quantitative estimate of drug-likeness (QED) is 0.745. The molecule has 4 rings (SSSR count). The number of nitrogens with zero attached hydrogens (tertiary/aromatic N) is 2. The van der Waals surface area contributed by atoms with E-state index in [1.807, 2.05) is 42.5 Å². The highest BCUT2D eigenvalue weighted by molar-refractivity contribution is 5.94. The van der Waals surface area contributed by atoms with Gasteiger partial charge in [0.15, 0.2) is 0 Å². The van der Waals surface area contributed by atoms with Gasteiger partial charge in [-0.15, -0.1) is 0 Å². The van der Waals surface area contributed by atoms with Crippen LogP contribution in [0.1, 0.15) is 18.4 Å². The van der Waals surface area contributed by atoms with Crippen LogP contribution in [-0.4, -0.2) is 55.6 Å². The summed E-state index contributed by atoms with van der Waals surface area (Å²) >= 11 is 0. The van der Waals surface area contributed by atoms with E-state index in [0.29, 0.717) is 13.2 Å². The van der Waals surface area contributed by atoms with Crippen LogP contribution in [0.3, 0.4) is 0 Å². The van der Waals surface area contributed by atoms with Crippen LogP contribution in [-0.2, 0) is 20.9 Å². The lowest BCUT2D eigenvalue weighted by atomic mass is 9.96. The molecule has 7 nitrogen and oxygen atoms in total. The Bertz CT molecular complexity index is 879. The Morgan fingerprint density at radius 3 is 2.39 bits per heavy atom. The van der Waals surface area contributed by atoms with Crippen molar-refractivity contribution in [2.45, 2.75) is 25.5 Å². The fraction of sp³-hybridized carbons (Fsp3) is 0.417. The largest absolute Gasteiger partial charge is 0.371 e. The van der Waals surface area contributed by atoms with Gasteiger partial charge in [-0.3, -0.25) is 14.5 Å². The molecule has 2 aromatic carbocycles. The summed E-state index contributed by atoms with van der Waals surface area (Å²) in [7, 11) is 0. The van der Waals surface area contributed by atoms with Gasteiger partial charge in [-0.05, 0) is 42.7 Å². The number of amides is 2. The first-order valence-electron chi connectivity index (χ1n) is 10.9. The van der Waals surface area contributed by atoms with Crippen LogP contribution in [0.2, 0.25) is 0 Å². The van der Waals surface area contributed by atoms with E-state index in [2.05, 4.69) is 27.2 Å². The lowest BCUT2D eigenvalue weighted by molar-refractivity contribution is -0.133. The summed E-state index contributed by atoms with van der Waals surface area (Å²) in [6.45, 7) is 4.38. The summed E-state index contributed by atoms with van der Waals surface area (Å²) in [5.74, 6) is -0.343. The number of morpholine rings is 1. The maximum atomic E-state index is 12.7. The van der Waals surface area contributed by atoms with E-state index in [1.165, 1.54) is 5.56 Å². The standard InChI is InChI=1S/C24H30N4O3/c25-23(29)19-10-12-28(13-11-19)21-8-6-20(7-9-21)26-24(30)22-17-27(14-15-31-22)16-18-4-2-1-3-5-18/h1-9,19,22H,10-17H2,(H2,25,29)(H,26,30). The van der Waals surface area contributed by atoms with Gasteiger partial charge >= 0.3 is 0 Å². The molecule has 1 unspecified atom stereocenters. The Kier molecular flexibility index (Phi) is 6.84. The fourth-order valence-electron chi connectivity index (χ4n) is 4.25. The van der Waals surface area contributed by atoms with Gasteiger partial charge in [0, 0.05) is 50.0 Å². The molecule has 164 valence electrons. The minimum Gasteiger partial charge on any atom is -0.371 e. The van der Waals surface area contributed by atoms with Crippen LogP contribution in [0.15, 0.2) is 54.6 Å². The average Bonchev–Trinajstić information content (AvgIpc) is 2.80. The molecule has 7 heteroatoms. The highest BCUT2D eigenvalue weighted by Crippen LogP contribution is 2.24. The van der Waals surface area contributed by atoms with E-state index in [1.54, 1.807) is 0 Å². The van der Waals surface area contributed by atoms with Crippen molar-refractivity contribution in [1.29, 1.82) is 0 Å². The zero-order chi connectivity index (χ0) is 21.6. The molecule has 0 bridgehead atoms. The van der Waals surface area contributed by atoms with E-state index in [-0.39, 0.29) is 17.7 Å². The molecule has 2 saturated heterocycles. The molecule has 3 N–H and O–H groups in total. The van der Waals surface area contributed by atoms with Crippen molar-refractivity contribution in [2.24, 2.45) is 11.7 Å². The second-order valence-electron chi connectivity index (χ2n) is 8.28. The molecule has 0 radical (unpaired) electrons. The molecule has 0 spiro atoms. The molecule has 2 fully saturated rings. The van der Waals surface area contributed by atoms with Crippen molar-refractivity contribution in [2.75, 3.05) is 43.0 Å². The first kappa shape index (κ1) is 21.3. The number of carbonyl (C=O) groups is 2. The predicted octanol–water partition coefficient (Wildman–Crippen LogP) is 2.23.